The SMILES string of the molecule is CNc1cn2ccnc2c(NCC2CCCC(C)C2)n1. The van der Waals surface area contributed by atoms with E-state index in [0.717, 1.165) is 35.7 Å². The Morgan fingerprint density at radius 2 is 2.30 bits per heavy atom. The molecule has 0 aromatic carbocycles. The molecule has 0 aliphatic heterocycles. The van der Waals surface area contributed by atoms with Crippen molar-refractivity contribution in [2.75, 3.05) is 24.2 Å². The Morgan fingerprint density at radius 3 is 3.10 bits per heavy atom. The van der Waals surface area contributed by atoms with Crippen molar-refractivity contribution < 1.29 is 0 Å². The average molecular weight is 273 g/mol. The average Bonchev–Trinajstić information content (AvgIpc) is 2.93. The Labute approximate surface area is 119 Å². The second-order valence-electron chi connectivity index (χ2n) is 5.90. The summed E-state index contributed by atoms with van der Waals surface area (Å²) < 4.78 is 2.00. The molecule has 5 heteroatoms. The van der Waals surface area contributed by atoms with Gasteiger partial charge in [-0.15, -0.1) is 0 Å². The zero-order chi connectivity index (χ0) is 13.9. The largest absolute Gasteiger partial charge is 0.372 e. The number of anilines is 2. The van der Waals surface area contributed by atoms with E-state index in [-0.39, 0.29) is 0 Å². The highest BCUT2D eigenvalue weighted by Gasteiger charge is 2.19. The molecule has 1 aliphatic carbocycles. The Morgan fingerprint density at radius 1 is 1.40 bits per heavy atom. The zero-order valence-electron chi connectivity index (χ0n) is 12.3. The molecule has 20 heavy (non-hydrogen) atoms. The maximum absolute atomic E-state index is 4.59. The van der Waals surface area contributed by atoms with E-state index in [4.69, 9.17) is 0 Å². The van der Waals surface area contributed by atoms with Gasteiger partial charge in [0.2, 0.25) is 0 Å². The van der Waals surface area contributed by atoms with Gasteiger partial charge in [-0.1, -0.05) is 19.8 Å². The fourth-order valence-electron chi connectivity index (χ4n) is 3.16. The smallest absolute Gasteiger partial charge is 0.180 e. The summed E-state index contributed by atoms with van der Waals surface area (Å²) in [5.74, 6) is 3.35. The molecule has 2 aromatic heterocycles. The van der Waals surface area contributed by atoms with Gasteiger partial charge in [0.05, 0.1) is 6.20 Å². The van der Waals surface area contributed by atoms with Gasteiger partial charge in [-0.05, 0) is 24.7 Å². The van der Waals surface area contributed by atoms with Gasteiger partial charge in [0.15, 0.2) is 11.5 Å². The van der Waals surface area contributed by atoms with Crippen molar-refractivity contribution in [2.24, 2.45) is 11.8 Å². The molecular weight excluding hydrogens is 250 g/mol. The van der Waals surface area contributed by atoms with Crippen molar-refractivity contribution in [3.63, 3.8) is 0 Å². The molecule has 108 valence electrons. The molecule has 2 unspecified atom stereocenters. The van der Waals surface area contributed by atoms with Gasteiger partial charge in [0.1, 0.15) is 5.82 Å². The molecule has 2 atom stereocenters. The summed E-state index contributed by atoms with van der Waals surface area (Å²) in [6, 6.07) is 0. The van der Waals surface area contributed by atoms with Crippen LogP contribution in [0, 0.1) is 11.8 Å². The van der Waals surface area contributed by atoms with Crippen molar-refractivity contribution in [2.45, 2.75) is 32.6 Å². The number of nitrogens with one attached hydrogen (secondary N) is 2. The molecule has 1 fully saturated rings. The first kappa shape index (κ1) is 13.2. The van der Waals surface area contributed by atoms with Gasteiger partial charge in [-0.3, -0.25) is 0 Å². The van der Waals surface area contributed by atoms with E-state index in [0.29, 0.717) is 0 Å². The van der Waals surface area contributed by atoms with Crippen molar-refractivity contribution >= 4 is 17.3 Å². The van der Waals surface area contributed by atoms with Crippen LogP contribution in [0.3, 0.4) is 0 Å². The lowest BCUT2D eigenvalue weighted by molar-refractivity contribution is 0.293. The van der Waals surface area contributed by atoms with Crippen LogP contribution in [0.5, 0.6) is 0 Å². The van der Waals surface area contributed by atoms with Gasteiger partial charge < -0.3 is 15.0 Å². The van der Waals surface area contributed by atoms with E-state index in [9.17, 15) is 0 Å². The van der Waals surface area contributed by atoms with Crippen LogP contribution in [0.2, 0.25) is 0 Å². The van der Waals surface area contributed by atoms with Gasteiger partial charge in [-0.2, -0.15) is 0 Å². The number of aromatic nitrogens is 3. The molecule has 2 N–H and O–H groups in total. The monoisotopic (exact) mass is 273 g/mol. The summed E-state index contributed by atoms with van der Waals surface area (Å²) in [6.45, 7) is 3.35. The van der Waals surface area contributed by atoms with E-state index < -0.39 is 0 Å². The van der Waals surface area contributed by atoms with Crippen molar-refractivity contribution in [3.05, 3.63) is 18.6 Å². The van der Waals surface area contributed by atoms with Crippen molar-refractivity contribution in [3.8, 4) is 0 Å². The first-order chi connectivity index (χ1) is 9.76. The van der Waals surface area contributed by atoms with Crippen molar-refractivity contribution in [1.29, 1.82) is 0 Å². The number of rotatable bonds is 4. The summed E-state index contributed by atoms with van der Waals surface area (Å²) in [5, 5.41) is 6.60. The topological polar surface area (TPSA) is 54.2 Å². The minimum Gasteiger partial charge on any atom is -0.372 e. The molecule has 1 aliphatic rings. The Hall–Kier alpha value is -1.78. The lowest BCUT2D eigenvalue weighted by Crippen LogP contribution is -2.21. The van der Waals surface area contributed by atoms with Crippen LogP contribution in [-0.2, 0) is 0 Å². The van der Waals surface area contributed by atoms with E-state index in [2.05, 4.69) is 27.5 Å². The van der Waals surface area contributed by atoms with Gasteiger partial charge >= 0.3 is 0 Å². The highest BCUT2D eigenvalue weighted by atomic mass is 15.1. The third-order valence-corrected chi connectivity index (χ3v) is 4.23. The molecule has 1 saturated carbocycles. The van der Waals surface area contributed by atoms with E-state index >= 15 is 0 Å². The van der Waals surface area contributed by atoms with Crippen LogP contribution in [-0.4, -0.2) is 28.0 Å². The van der Waals surface area contributed by atoms with Crippen LogP contribution >= 0.6 is 0 Å². The quantitative estimate of drug-likeness (QED) is 0.899. The molecule has 5 nitrogen and oxygen atoms in total. The predicted octanol–water partition coefficient (Wildman–Crippen LogP) is 3.01. The van der Waals surface area contributed by atoms with Crippen LogP contribution in [0.25, 0.3) is 5.65 Å². The standard InChI is InChI=1S/C15H23N5/c1-11-4-3-5-12(8-11)9-18-14-15-17-6-7-20(15)10-13(16-2)19-14/h6-7,10-12,16H,3-5,8-9H2,1-2H3,(H,18,19). The van der Waals surface area contributed by atoms with Crippen LogP contribution in [0.1, 0.15) is 32.6 Å². The number of fused-ring (bicyclic) bond motifs is 1. The third kappa shape index (κ3) is 2.71. The highest BCUT2D eigenvalue weighted by Crippen LogP contribution is 2.29. The maximum Gasteiger partial charge on any atom is 0.180 e. The number of hydrogen-bond acceptors (Lipinski definition) is 4. The minimum absolute atomic E-state index is 0.758. The summed E-state index contributed by atoms with van der Waals surface area (Å²) >= 11 is 0. The molecule has 2 heterocycles. The molecule has 0 amide bonds. The summed E-state index contributed by atoms with van der Waals surface area (Å²) in [7, 11) is 1.89. The van der Waals surface area contributed by atoms with E-state index in [1.165, 1.54) is 25.7 Å². The molecule has 0 spiro atoms. The van der Waals surface area contributed by atoms with E-state index in [1.807, 2.05) is 30.0 Å². The lowest BCUT2D eigenvalue weighted by atomic mass is 9.82. The Kier molecular flexibility index (Phi) is 3.76. The Bertz CT molecular complexity index is 577. The minimum atomic E-state index is 0.758. The second-order valence-corrected chi connectivity index (χ2v) is 5.90. The van der Waals surface area contributed by atoms with Crippen LogP contribution < -0.4 is 10.6 Å². The summed E-state index contributed by atoms with van der Waals surface area (Å²) in [5.41, 5.74) is 0.896. The molecule has 0 saturated heterocycles. The predicted molar refractivity (Wildman–Crippen MR) is 82.1 cm³/mol. The molecule has 0 radical (unpaired) electrons. The first-order valence-electron chi connectivity index (χ1n) is 7.51. The third-order valence-electron chi connectivity index (χ3n) is 4.23. The fourth-order valence-corrected chi connectivity index (χ4v) is 3.16. The number of hydrogen-bond donors (Lipinski definition) is 2. The van der Waals surface area contributed by atoms with E-state index in [1.54, 1.807) is 0 Å². The normalized spacial score (nSPS) is 22.9. The lowest BCUT2D eigenvalue weighted by Gasteiger charge is -2.27. The van der Waals surface area contributed by atoms with Crippen LogP contribution in [0.15, 0.2) is 18.6 Å². The van der Waals surface area contributed by atoms with Gasteiger partial charge in [0.25, 0.3) is 0 Å². The van der Waals surface area contributed by atoms with Gasteiger partial charge in [0, 0.05) is 26.0 Å². The first-order valence-corrected chi connectivity index (χ1v) is 7.51. The summed E-state index contributed by atoms with van der Waals surface area (Å²) in [4.78, 5) is 8.97. The Balaban J connectivity index is 1.74. The van der Waals surface area contributed by atoms with Crippen molar-refractivity contribution in [1.82, 2.24) is 14.4 Å². The zero-order valence-corrected chi connectivity index (χ0v) is 12.3. The maximum atomic E-state index is 4.59. The number of imidazole rings is 1. The second kappa shape index (κ2) is 5.69. The highest BCUT2D eigenvalue weighted by molar-refractivity contribution is 5.65. The fraction of sp³-hybridized carbons (Fsp3) is 0.600. The molecule has 0 bridgehead atoms. The van der Waals surface area contributed by atoms with Crippen LogP contribution in [0.4, 0.5) is 11.6 Å². The van der Waals surface area contributed by atoms with Gasteiger partial charge in [-0.25, -0.2) is 9.97 Å². The number of nitrogens with zero attached hydrogens (tertiary/aromatic N) is 3. The summed E-state index contributed by atoms with van der Waals surface area (Å²) in [6.07, 6.45) is 11.1. The molecule has 3 rings (SSSR count). The molecule has 2 aromatic rings. The molecular formula is C15H23N5.